The number of aryl methyl sites for hydroxylation is 1. The van der Waals surface area contributed by atoms with E-state index in [1.807, 2.05) is 29.5 Å². The fourth-order valence-electron chi connectivity index (χ4n) is 3.86. The number of H-pyrrole nitrogens is 1. The second kappa shape index (κ2) is 7.47. The molecule has 2 aromatic carbocycles. The van der Waals surface area contributed by atoms with Crippen LogP contribution in [0.3, 0.4) is 0 Å². The molecule has 0 bridgehead atoms. The third kappa shape index (κ3) is 3.71. The van der Waals surface area contributed by atoms with Gasteiger partial charge >= 0.3 is 6.36 Å². The molecular formula is C24H17F3N4O2. The molecule has 6 nitrogen and oxygen atoms in total. The highest BCUT2D eigenvalue weighted by Crippen LogP contribution is 2.28. The van der Waals surface area contributed by atoms with Gasteiger partial charge in [0.05, 0.1) is 17.6 Å². The molecule has 166 valence electrons. The number of pyridine rings is 1. The molecule has 0 fully saturated rings. The molecule has 5 rings (SSSR count). The topological polar surface area (TPSA) is 72.3 Å². The number of aromatic nitrogens is 4. The number of hydrogen-bond acceptors (Lipinski definition) is 4. The molecule has 3 heterocycles. The number of halogens is 3. The normalized spacial score (nSPS) is 11.9. The van der Waals surface area contributed by atoms with E-state index in [1.165, 1.54) is 24.3 Å². The summed E-state index contributed by atoms with van der Waals surface area (Å²) in [5.41, 5.74) is 5.03. The van der Waals surface area contributed by atoms with Crippen molar-refractivity contribution in [3.63, 3.8) is 0 Å². The van der Waals surface area contributed by atoms with Crippen LogP contribution in [0, 0.1) is 13.8 Å². The summed E-state index contributed by atoms with van der Waals surface area (Å²) in [6, 6.07) is 12.8. The SMILES string of the molecule is Cc1c(-c2nc3cnc(-c4ccc(OC(F)(F)F)cc4)cn3c2C)[nH]c2ccccc2c1=O. The van der Waals surface area contributed by atoms with Crippen molar-refractivity contribution in [1.29, 1.82) is 0 Å². The summed E-state index contributed by atoms with van der Waals surface area (Å²) in [4.78, 5) is 25.2. The maximum Gasteiger partial charge on any atom is 0.573 e. The zero-order valence-electron chi connectivity index (χ0n) is 17.6. The number of nitrogens with one attached hydrogen (secondary N) is 1. The molecule has 0 aliphatic heterocycles. The molecule has 0 unspecified atom stereocenters. The number of imidazole rings is 1. The molecule has 0 aliphatic rings. The van der Waals surface area contributed by atoms with Crippen molar-refractivity contribution in [2.24, 2.45) is 0 Å². The third-order valence-corrected chi connectivity index (χ3v) is 5.52. The minimum absolute atomic E-state index is 0.0595. The summed E-state index contributed by atoms with van der Waals surface area (Å²) in [7, 11) is 0. The summed E-state index contributed by atoms with van der Waals surface area (Å²) in [5.74, 6) is -0.302. The van der Waals surface area contributed by atoms with E-state index in [4.69, 9.17) is 0 Å². The molecule has 0 saturated heterocycles. The monoisotopic (exact) mass is 450 g/mol. The van der Waals surface area contributed by atoms with Gasteiger partial charge in [-0.3, -0.25) is 9.78 Å². The van der Waals surface area contributed by atoms with Gasteiger partial charge in [-0.1, -0.05) is 12.1 Å². The number of nitrogens with zero attached hydrogens (tertiary/aromatic N) is 3. The van der Waals surface area contributed by atoms with Gasteiger partial charge < -0.3 is 14.1 Å². The summed E-state index contributed by atoms with van der Waals surface area (Å²) in [6.07, 6.45) is -1.40. The Morgan fingerprint density at radius 2 is 1.76 bits per heavy atom. The smallest absolute Gasteiger partial charge is 0.406 e. The number of rotatable bonds is 3. The quantitative estimate of drug-likeness (QED) is 0.398. The van der Waals surface area contributed by atoms with Gasteiger partial charge in [0.15, 0.2) is 11.1 Å². The lowest BCUT2D eigenvalue weighted by molar-refractivity contribution is -0.274. The van der Waals surface area contributed by atoms with Crippen molar-refractivity contribution in [2.45, 2.75) is 20.2 Å². The molecule has 3 aromatic heterocycles. The molecular weight excluding hydrogens is 433 g/mol. The van der Waals surface area contributed by atoms with Crippen molar-refractivity contribution >= 4 is 16.6 Å². The third-order valence-electron chi connectivity index (χ3n) is 5.52. The lowest BCUT2D eigenvalue weighted by atomic mass is 10.1. The standard InChI is InChI=1S/C24H17F3N4O2/c1-13-21(29-18-6-4-3-5-17(18)23(13)32)22-14(2)31-12-19(28-11-20(31)30-22)15-7-9-16(10-8-15)33-24(25,26)27/h3-12H,1-2H3,(H,29,32). The van der Waals surface area contributed by atoms with Crippen LogP contribution in [-0.4, -0.2) is 25.7 Å². The van der Waals surface area contributed by atoms with Gasteiger partial charge in [0, 0.05) is 33.9 Å². The Hall–Kier alpha value is -4.14. The molecule has 1 N–H and O–H groups in total. The zero-order valence-corrected chi connectivity index (χ0v) is 17.6. The largest absolute Gasteiger partial charge is 0.573 e. The van der Waals surface area contributed by atoms with E-state index < -0.39 is 6.36 Å². The highest BCUT2D eigenvalue weighted by Gasteiger charge is 2.31. The van der Waals surface area contributed by atoms with Gasteiger partial charge in [-0.25, -0.2) is 4.98 Å². The molecule has 0 aliphatic carbocycles. The van der Waals surface area contributed by atoms with Crippen molar-refractivity contribution < 1.29 is 17.9 Å². The number of fused-ring (bicyclic) bond motifs is 2. The first-order valence-corrected chi connectivity index (χ1v) is 10.0. The highest BCUT2D eigenvalue weighted by molar-refractivity contribution is 5.83. The molecule has 0 saturated carbocycles. The molecule has 5 aromatic rings. The number of ether oxygens (including phenoxy) is 1. The van der Waals surface area contributed by atoms with Crippen LogP contribution in [0.15, 0.2) is 65.7 Å². The number of alkyl halides is 3. The lowest BCUT2D eigenvalue weighted by Gasteiger charge is -2.09. The number of benzene rings is 2. The Kier molecular flexibility index (Phi) is 4.70. The van der Waals surface area contributed by atoms with Crippen LogP contribution in [0.25, 0.3) is 39.2 Å². The van der Waals surface area contributed by atoms with Gasteiger partial charge in [-0.05, 0) is 50.2 Å². The van der Waals surface area contributed by atoms with E-state index in [0.29, 0.717) is 39.2 Å². The maximum atomic E-state index is 12.9. The minimum atomic E-state index is -4.75. The predicted octanol–water partition coefficient (Wildman–Crippen LogP) is 5.42. The first kappa shape index (κ1) is 20.7. The van der Waals surface area contributed by atoms with Gasteiger partial charge in [0.1, 0.15) is 11.4 Å². The van der Waals surface area contributed by atoms with Crippen LogP contribution in [0.5, 0.6) is 5.75 Å². The van der Waals surface area contributed by atoms with E-state index in [2.05, 4.69) is 19.7 Å². The van der Waals surface area contributed by atoms with E-state index in [0.717, 1.165) is 11.2 Å². The Bertz CT molecular complexity index is 1570. The number of para-hydroxylation sites is 1. The summed E-state index contributed by atoms with van der Waals surface area (Å²) >= 11 is 0. The molecule has 9 heteroatoms. The molecule has 0 radical (unpaired) electrons. The van der Waals surface area contributed by atoms with Gasteiger partial charge in [0.25, 0.3) is 0 Å². The zero-order chi connectivity index (χ0) is 23.3. The average Bonchev–Trinajstić information content (AvgIpc) is 3.11. The first-order valence-electron chi connectivity index (χ1n) is 10.0. The fraction of sp³-hybridized carbons (Fsp3) is 0.125. The van der Waals surface area contributed by atoms with E-state index in [9.17, 15) is 18.0 Å². The second-order valence-corrected chi connectivity index (χ2v) is 7.62. The molecule has 0 amide bonds. The highest BCUT2D eigenvalue weighted by atomic mass is 19.4. The fourth-order valence-corrected chi connectivity index (χ4v) is 3.86. The lowest BCUT2D eigenvalue weighted by Crippen LogP contribution is -2.16. The van der Waals surface area contributed by atoms with Crippen molar-refractivity contribution in [1.82, 2.24) is 19.4 Å². The van der Waals surface area contributed by atoms with E-state index in [1.54, 1.807) is 25.4 Å². The van der Waals surface area contributed by atoms with E-state index >= 15 is 0 Å². The van der Waals surface area contributed by atoms with E-state index in [-0.39, 0.29) is 11.2 Å². The Morgan fingerprint density at radius 1 is 1.03 bits per heavy atom. The van der Waals surface area contributed by atoms with Crippen LogP contribution >= 0.6 is 0 Å². The Balaban J connectivity index is 1.58. The van der Waals surface area contributed by atoms with Gasteiger partial charge in [-0.2, -0.15) is 0 Å². The molecule has 0 spiro atoms. The minimum Gasteiger partial charge on any atom is -0.406 e. The molecule has 33 heavy (non-hydrogen) atoms. The van der Waals surface area contributed by atoms with Crippen LogP contribution in [0.4, 0.5) is 13.2 Å². The average molecular weight is 450 g/mol. The summed E-state index contributed by atoms with van der Waals surface area (Å²) in [5, 5.41) is 0.613. The van der Waals surface area contributed by atoms with Crippen LogP contribution in [0.1, 0.15) is 11.3 Å². The first-order chi connectivity index (χ1) is 15.7. The van der Waals surface area contributed by atoms with Crippen LogP contribution in [0.2, 0.25) is 0 Å². The summed E-state index contributed by atoms with van der Waals surface area (Å²) < 4.78 is 43.0. The Labute approximate surface area is 185 Å². The van der Waals surface area contributed by atoms with Crippen molar-refractivity contribution in [3.05, 3.63) is 82.4 Å². The van der Waals surface area contributed by atoms with Crippen LogP contribution in [-0.2, 0) is 0 Å². The summed E-state index contributed by atoms with van der Waals surface area (Å²) in [6.45, 7) is 3.64. The van der Waals surface area contributed by atoms with Gasteiger partial charge in [0.2, 0.25) is 0 Å². The predicted molar refractivity (Wildman–Crippen MR) is 118 cm³/mol. The maximum absolute atomic E-state index is 12.9. The second-order valence-electron chi connectivity index (χ2n) is 7.62. The van der Waals surface area contributed by atoms with Crippen LogP contribution < -0.4 is 10.2 Å². The van der Waals surface area contributed by atoms with Crippen molar-refractivity contribution in [2.75, 3.05) is 0 Å². The number of aromatic amines is 1. The Morgan fingerprint density at radius 3 is 2.48 bits per heavy atom. The number of hydrogen-bond donors (Lipinski definition) is 1. The van der Waals surface area contributed by atoms with Crippen molar-refractivity contribution in [3.8, 4) is 28.4 Å². The van der Waals surface area contributed by atoms with Gasteiger partial charge in [-0.15, -0.1) is 13.2 Å². The molecule has 0 atom stereocenters.